The molecule has 0 aliphatic carbocycles. The van der Waals surface area contributed by atoms with Gasteiger partial charge < -0.3 is 35.3 Å². The second-order valence-corrected chi connectivity index (χ2v) is 16.6. The zero-order valence-electron chi connectivity index (χ0n) is 35.2. The molecule has 0 spiro atoms. The number of aromatic nitrogens is 1. The zero-order chi connectivity index (χ0) is 43.8. The summed E-state index contributed by atoms with van der Waals surface area (Å²) in [6, 6.07) is 40.3. The molecule has 0 unspecified atom stereocenters. The summed E-state index contributed by atoms with van der Waals surface area (Å²) in [6.07, 6.45) is 4.27. The summed E-state index contributed by atoms with van der Waals surface area (Å²) in [5.74, 6) is -0.838. The van der Waals surface area contributed by atoms with Crippen molar-refractivity contribution in [1.29, 1.82) is 0 Å². The van der Waals surface area contributed by atoms with Gasteiger partial charge in [-0.25, -0.2) is 4.79 Å². The number of hydrogen-bond donors (Lipinski definition) is 4. The number of rotatable bonds is 15. The third-order valence-electron chi connectivity index (χ3n) is 12.4. The first-order valence-electron chi connectivity index (χ1n) is 21.8. The number of piperidine rings is 1. The lowest BCUT2D eigenvalue weighted by molar-refractivity contribution is -0.266. The highest BCUT2D eigenvalue weighted by molar-refractivity contribution is 5.95. The van der Waals surface area contributed by atoms with Crippen LogP contribution in [-0.4, -0.2) is 82.7 Å². The number of H-pyrrole nitrogens is 1. The standard InChI is InChI=1S/C52H54N4O7/c57-46-20-18-44(45-19-21-48(59)54-49(45)46)47(58)33-53-27-22-36-14-16-40(17-15-36)50(60)56-30-25-39(26-31-56)41-10-7-13-43(32-41)52(62,42-11-5-2-6-12-42)51(61)63-35-38-23-28-55(29-24-38)34-37-8-3-1-4-9-37/h1-21,25,32,38,47,53,57-58,62H,22-24,26-31,33-35H2,(H,54,59)/p-1/t47-,52-/m0/s1. The molecule has 1 aromatic heterocycles. The molecule has 2 aliphatic heterocycles. The molecular formula is C52H53N4O7-. The summed E-state index contributed by atoms with van der Waals surface area (Å²) in [5.41, 5.74) is 4.08. The lowest BCUT2D eigenvalue weighted by atomic mass is 9.84. The van der Waals surface area contributed by atoms with Crippen molar-refractivity contribution < 1.29 is 29.6 Å². The van der Waals surface area contributed by atoms with Gasteiger partial charge in [-0.2, -0.15) is 0 Å². The minimum Gasteiger partial charge on any atom is -0.871 e. The van der Waals surface area contributed by atoms with Crippen LogP contribution in [0.3, 0.4) is 0 Å². The molecule has 1 saturated heterocycles. The van der Waals surface area contributed by atoms with Crippen molar-refractivity contribution in [3.05, 3.63) is 189 Å². The highest BCUT2D eigenvalue weighted by atomic mass is 16.5. The van der Waals surface area contributed by atoms with Gasteiger partial charge in [0, 0.05) is 54.3 Å². The van der Waals surface area contributed by atoms with E-state index in [9.17, 15) is 29.7 Å². The summed E-state index contributed by atoms with van der Waals surface area (Å²) in [4.78, 5) is 46.1. The van der Waals surface area contributed by atoms with Crippen molar-refractivity contribution in [3.8, 4) is 5.75 Å². The Morgan fingerprint density at radius 1 is 0.841 bits per heavy atom. The third-order valence-corrected chi connectivity index (χ3v) is 12.4. The Balaban J connectivity index is 0.846. The highest BCUT2D eigenvalue weighted by Gasteiger charge is 2.42. The fourth-order valence-corrected chi connectivity index (χ4v) is 8.71. The number of carbonyl (C=O) groups is 2. The number of ether oxygens (including phenoxy) is 1. The summed E-state index contributed by atoms with van der Waals surface area (Å²) in [7, 11) is 0. The van der Waals surface area contributed by atoms with Crippen molar-refractivity contribution in [2.24, 2.45) is 5.92 Å². The maximum Gasteiger partial charge on any atom is 0.347 e. The Morgan fingerprint density at radius 3 is 2.30 bits per heavy atom. The van der Waals surface area contributed by atoms with Gasteiger partial charge in [0.2, 0.25) is 11.2 Å². The number of esters is 1. The fraction of sp³-hybridized carbons (Fsp3) is 0.288. The molecule has 1 fully saturated rings. The average molecular weight is 846 g/mol. The van der Waals surface area contributed by atoms with Gasteiger partial charge in [-0.3, -0.25) is 14.5 Å². The van der Waals surface area contributed by atoms with E-state index < -0.39 is 17.7 Å². The van der Waals surface area contributed by atoms with Crippen LogP contribution in [0.1, 0.15) is 69.1 Å². The number of benzene rings is 5. The van der Waals surface area contributed by atoms with E-state index in [2.05, 4.69) is 39.5 Å². The van der Waals surface area contributed by atoms with Crippen molar-refractivity contribution >= 4 is 28.4 Å². The quantitative estimate of drug-likeness (QED) is 0.0710. The number of pyridine rings is 1. The Kier molecular flexibility index (Phi) is 13.6. The monoisotopic (exact) mass is 845 g/mol. The second-order valence-electron chi connectivity index (χ2n) is 16.6. The number of nitrogens with one attached hydrogen (secondary N) is 2. The molecule has 8 rings (SSSR count). The summed E-state index contributed by atoms with van der Waals surface area (Å²) >= 11 is 0. The van der Waals surface area contributed by atoms with Gasteiger partial charge >= 0.3 is 5.97 Å². The molecule has 11 nitrogen and oxygen atoms in total. The molecule has 6 aromatic rings. The minimum atomic E-state index is -2.00. The minimum absolute atomic E-state index is 0.0624. The van der Waals surface area contributed by atoms with E-state index in [1.54, 1.807) is 42.5 Å². The SMILES string of the molecule is O=C(c1ccc(CCNC[C@H](O)c2ccc([O-])c3[nH]c(=O)ccc23)cc1)N1CC=C(c2cccc([C@](O)(C(=O)OCC3CCN(Cc4ccccc4)CC3)c3ccccc3)c2)CC1. The van der Waals surface area contributed by atoms with Gasteiger partial charge in [0.25, 0.3) is 5.91 Å². The molecule has 4 N–H and O–H groups in total. The third kappa shape index (κ3) is 10.1. The van der Waals surface area contributed by atoms with Crippen molar-refractivity contribution in [2.75, 3.05) is 45.9 Å². The Bertz CT molecular complexity index is 2610. The summed E-state index contributed by atoms with van der Waals surface area (Å²) < 4.78 is 5.96. The lowest BCUT2D eigenvalue weighted by Crippen LogP contribution is -2.40. The van der Waals surface area contributed by atoms with Crippen LogP contribution in [0.25, 0.3) is 16.5 Å². The highest BCUT2D eigenvalue weighted by Crippen LogP contribution is 2.35. The number of aliphatic hydroxyl groups excluding tert-OH is 1. The Hall–Kier alpha value is -6.37. The molecule has 11 heteroatoms. The number of amides is 1. The number of fused-ring (bicyclic) bond motifs is 1. The van der Waals surface area contributed by atoms with E-state index in [-0.39, 0.29) is 41.8 Å². The van der Waals surface area contributed by atoms with E-state index >= 15 is 0 Å². The van der Waals surface area contributed by atoms with Crippen LogP contribution in [0, 0.1) is 5.92 Å². The number of nitrogens with zero attached hydrogens (tertiary/aromatic N) is 2. The normalized spacial score (nSPS) is 16.3. The van der Waals surface area contributed by atoms with Gasteiger partial charge in [-0.1, -0.05) is 115 Å². The van der Waals surface area contributed by atoms with Crippen molar-refractivity contribution in [2.45, 2.75) is 43.9 Å². The average Bonchev–Trinajstić information content (AvgIpc) is 3.33. The molecule has 3 heterocycles. The number of aromatic amines is 1. The molecule has 2 aliphatic rings. The van der Waals surface area contributed by atoms with Crippen LogP contribution in [0.2, 0.25) is 0 Å². The molecule has 1 amide bonds. The van der Waals surface area contributed by atoms with E-state index in [0.717, 1.165) is 49.2 Å². The van der Waals surface area contributed by atoms with Crippen LogP contribution < -0.4 is 16.0 Å². The number of hydrogen-bond acceptors (Lipinski definition) is 9. The van der Waals surface area contributed by atoms with E-state index in [1.807, 2.05) is 65.6 Å². The number of carbonyl (C=O) groups excluding carboxylic acids is 2. The Labute approximate surface area is 367 Å². The zero-order valence-corrected chi connectivity index (χ0v) is 35.2. The molecule has 0 bridgehead atoms. The van der Waals surface area contributed by atoms with Gasteiger partial charge in [0.15, 0.2) is 0 Å². The van der Waals surface area contributed by atoms with E-state index in [0.29, 0.717) is 60.1 Å². The predicted molar refractivity (Wildman–Crippen MR) is 242 cm³/mol. The van der Waals surface area contributed by atoms with E-state index in [4.69, 9.17) is 4.74 Å². The van der Waals surface area contributed by atoms with E-state index in [1.165, 1.54) is 17.7 Å². The topological polar surface area (TPSA) is 158 Å². The largest absolute Gasteiger partial charge is 0.871 e. The predicted octanol–water partition coefficient (Wildman–Crippen LogP) is 6.09. The first-order chi connectivity index (χ1) is 30.7. The molecule has 0 saturated carbocycles. The van der Waals surface area contributed by atoms with Crippen LogP contribution in [0.15, 0.2) is 144 Å². The summed E-state index contributed by atoms with van der Waals surface area (Å²) in [6.45, 7) is 4.78. The molecule has 63 heavy (non-hydrogen) atoms. The number of aliphatic hydroxyl groups is 2. The summed E-state index contributed by atoms with van der Waals surface area (Å²) in [5, 5.41) is 39.2. The smallest absolute Gasteiger partial charge is 0.347 e. The first-order valence-corrected chi connectivity index (χ1v) is 21.8. The van der Waals surface area contributed by atoms with Gasteiger partial charge in [0.05, 0.1) is 12.7 Å². The van der Waals surface area contributed by atoms with Crippen molar-refractivity contribution in [1.82, 2.24) is 20.1 Å². The molecule has 5 aromatic carbocycles. The lowest BCUT2D eigenvalue weighted by Gasteiger charge is -2.33. The maximum absolute atomic E-state index is 14.0. The molecular weight excluding hydrogens is 793 g/mol. The van der Waals surface area contributed by atoms with Gasteiger partial charge in [-0.05, 0) is 109 Å². The molecule has 324 valence electrons. The van der Waals surface area contributed by atoms with Crippen LogP contribution in [0.5, 0.6) is 5.75 Å². The van der Waals surface area contributed by atoms with Crippen LogP contribution >= 0.6 is 0 Å². The van der Waals surface area contributed by atoms with Crippen LogP contribution in [0.4, 0.5) is 0 Å². The maximum atomic E-state index is 14.0. The number of likely N-dealkylation sites (tertiary alicyclic amines) is 1. The second kappa shape index (κ2) is 19.8. The first kappa shape index (κ1) is 43.3. The van der Waals surface area contributed by atoms with Crippen molar-refractivity contribution in [3.63, 3.8) is 0 Å². The van der Waals surface area contributed by atoms with Crippen LogP contribution in [-0.2, 0) is 28.1 Å². The molecule has 0 radical (unpaired) electrons. The fourth-order valence-electron chi connectivity index (χ4n) is 8.71. The molecule has 2 atom stereocenters. The van der Waals surface area contributed by atoms with Gasteiger partial charge in [-0.15, -0.1) is 0 Å². The Morgan fingerprint density at radius 2 is 1.57 bits per heavy atom. The van der Waals surface area contributed by atoms with Gasteiger partial charge in [0.1, 0.15) is 0 Å².